The fourth-order valence-electron chi connectivity index (χ4n) is 3.32. The average Bonchev–Trinajstić information content (AvgIpc) is 3.27. The Morgan fingerprint density at radius 3 is 2.29 bits per heavy atom. The molecule has 0 bridgehead atoms. The van der Waals surface area contributed by atoms with Crippen LogP contribution in [-0.2, 0) is 20.9 Å². The first kappa shape index (κ1) is 25.7. The highest BCUT2D eigenvalue weighted by Gasteiger charge is 2.21. The SMILES string of the molecule is COc1cc(NC(C)=O)c(C(=O)OCc2csc(N(C(C)=O)c3ccc(C)c(C)c3)n2)cc1OC. The smallest absolute Gasteiger partial charge is 0.340 e. The van der Waals surface area contributed by atoms with Crippen LogP contribution in [0.1, 0.15) is 41.0 Å². The number of amides is 2. The summed E-state index contributed by atoms with van der Waals surface area (Å²) in [7, 11) is 2.90. The molecule has 0 aliphatic heterocycles. The summed E-state index contributed by atoms with van der Waals surface area (Å²) >= 11 is 1.27. The molecular formula is C25H27N3O6S. The minimum absolute atomic E-state index is 0.105. The summed E-state index contributed by atoms with van der Waals surface area (Å²) in [4.78, 5) is 42.9. The molecule has 184 valence electrons. The number of esters is 1. The highest BCUT2D eigenvalue weighted by Crippen LogP contribution is 2.34. The number of methoxy groups -OCH3 is 2. The summed E-state index contributed by atoms with van der Waals surface area (Å²) in [6.07, 6.45) is 0. The molecule has 0 spiro atoms. The fourth-order valence-corrected chi connectivity index (χ4v) is 4.19. The van der Waals surface area contributed by atoms with E-state index in [1.54, 1.807) is 5.38 Å². The van der Waals surface area contributed by atoms with Gasteiger partial charge in [0.2, 0.25) is 11.8 Å². The molecule has 0 unspecified atom stereocenters. The van der Waals surface area contributed by atoms with Crippen LogP contribution in [0.15, 0.2) is 35.7 Å². The van der Waals surface area contributed by atoms with E-state index in [-0.39, 0.29) is 29.7 Å². The number of hydrogen-bond acceptors (Lipinski definition) is 8. The molecule has 0 aliphatic rings. The predicted octanol–water partition coefficient (Wildman–Crippen LogP) is 4.78. The molecule has 3 aromatic rings. The lowest BCUT2D eigenvalue weighted by Crippen LogP contribution is -2.22. The van der Waals surface area contributed by atoms with Gasteiger partial charge in [-0.3, -0.25) is 14.5 Å². The molecule has 1 N–H and O–H groups in total. The maximum absolute atomic E-state index is 12.9. The van der Waals surface area contributed by atoms with E-state index >= 15 is 0 Å². The van der Waals surface area contributed by atoms with E-state index in [0.29, 0.717) is 28.0 Å². The first-order valence-corrected chi connectivity index (χ1v) is 11.6. The van der Waals surface area contributed by atoms with Gasteiger partial charge >= 0.3 is 5.97 Å². The number of aryl methyl sites for hydroxylation is 2. The van der Waals surface area contributed by atoms with Gasteiger partial charge in [-0.1, -0.05) is 6.07 Å². The summed E-state index contributed by atoms with van der Waals surface area (Å²) < 4.78 is 16.0. The molecule has 0 aliphatic carbocycles. The third kappa shape index (κ3) is 5.96. The van der Waals surface area contributed by atoms with Crippen molar-refractivity contribution in [3.05, 3.63) is 58.1 Å². The Balaban J connectivity index is 1.81. The summed E-state index contributed by atoms with van der Waals surface area (Å²) in [6, 6.07) is 8.68. The number of carbonyl (C=O) groups excluding carboxylic acids is 3. The van der Waals surface area contributed by atoms with Crippen LogP contribution in [0.25, 0.3) is 0 Å². The summed E-state index contributed by atoms with van der Waals surface area (Å²) in [5.74, 6) is -0.549. The Morgan fingerprint density at radius 2 is 1.69 bits per heavy atom. The van der Waals surface area contributed by atoms with Gasteiger partial charge in [-0.2, -0.15) is 0 Å². The van der Waals surface area contributed by atoms with Crippen LogP contribution in [-0.4, -0.2) is 37.0 Å². The molecule has 2 amide bonds. The van der Waals surface area contributed by atoms with Crippen LogP contribution in [0.5, 0.6) is 11.5 Å². The van der Waals surface area contributed by atoms with E-state index in [1.165, 1.54) is 56.4 Å². The van der Waals surface area contributed by atoms with Crippen molar-refractivity contribution in [1.29, 1.82) is 0 Å². The minimum Gasteiger partial charge on any atom is -0.493 e. The second-order valence-corrected chi connectivity index (χ2v) is 8.59. The number of anilines is 3. The molecule has 3 rings (SSSR count). The van der Waals surface area contributed by atoms with Crippen LogP contribution in [0, 0.1) is 13.8 Å². The number of carbonyl (C=O) groups is 3. The molecule has 2 aromatic carbocycles. The van der Waals surface area contributed by atoms with Crippen LogP contribution in [0.2, 0.25) is 0 Å². The molecule has 1 heterocycles. The summed E-state index contributed by atoms with van der Waals surface area (Å²) in [6.45, 7) is 6.66. The first-order chi connectivity index (χ1) is 16.6. The Bertz CT molecular complexity index is 1270. The molecule has 10 heteroatoms. The maximum Gasteiger partial charge on any atom is 0.340 e. The van der Waals surface area contributed by atoms with Crippen molar-refractivity contribution >= 4 is 45.6 Å². The highest BCUT2D eigenvalue weighted by atomic mass is 32.1. The topological polar surface area (TPSA) is 107 Å². The number of rotatable bonds is 8. The van der Waals surface area contributed by atoms with Gasteiger partial charge in [0.05, 0.1) is 36.9 Å². The molecule has 0 fully saturated rings. The van der Waals surface area contributed by atoms with E-state index < -0.39 is 5.97 Å². The standard InChI is InChI=1S/C25H27N3O6S/c1-14-7-8-19(9-15(14)2)28(17(4)30)25-27-18(13-35-25)12-34-24(31)20-10-22(32-5)23(33-6)11-21(20)26-16(3)29/h7-11,13H,12H2,1-6H3,(H,26,29). The zero-order valence-electron chi connectivity index (χ0n) is 20.4. The van der Waals surface area contributed by atoms with Crippen LogP contribution >= 0.6 is 11.3 Å². The third-order valence-electron chi connectivity index (χ3n) is 5.20. The molecular weight excluding hydrogens is 470 g/mol. The van der Waals surface area contributed by atoms with E-state index in [1.807, 2.05) is 32.0 Å². The van der Waals surface area contributed by atoms with Gasteiger partial charge in [0.25, 0.3) is 0 Å². The normalized spacial score (nSPS) is 10.5. The van der Waals surface area contributed by atoms with E-state index in [2.05, 4.69) is 10.3 Å². The van der Waals surface area contributed by atoms with E-state index in [0.717, 1.165) is 11.1 Å². The highest BCUT2D eigenvalue weighted by molar-refractivity contribution is 7.14. The Kier molecular flexibility index (Phi) is 8.08. The average molecular weight is 498 g/mol. The minimum atomic E-state index is -0.679. The van der Waals surface area contributed by atoms with Crippen LogP contribution < -0.4 is 19.7 Å². The number of nitrogens with zero attached hydrogens (tertiary/aromatic N) is 2. The predicted molar refractivity (Wildman–Crippen MR) is 134 cm³/mol. The molecule has 35 heavy (non-hydrogen) atoms. The second-order valence-electron chi connectivity index (χ2n) is 7.75. The number of nitrogens with one attached hydrogen (secondary N) is 1. The van der Waals surface area contributed by atoms with Gasteiger partial charge < -0.3 is 19.5 Å². The molecule has 0 atom stereocenters. The largest absolute Gasteiger partial charge is 0.493 e. The lowest BCUT2D eigenvalue weighted by atomic mass is 10.1. The summed E-state index contributed by atoms with van der Waals surface area (Å²) in [5.41, 5.74) is 3.71. The van der Waals surface area contributed by atoms with Gasteiger partial charge in [-0.25, -0.2) is 9.78 Å². The van der Waals surface area contributed by atoms with Crippen LogP contribution in [0.3, 0.4) is 0 Å². The quantitative estimate of drug-likeness (QED) is 0.447. The fraction of sp³-hybridized carbons (Fsp3) is 0.280. The molecule has 1 aromatic heterocycles. The van der Waals surface area contributed by atoms with Crippen molar-refractivity contribution in [1.82, 2.24) is 4.98 Å². The number of thiazole rings is 1. The van der Waals surface area contributed by atoms with Crippen molar-refractivity contribution in [2.24, 2.45) is 0 Å². The Labute approximate surface area is 207 Å². The monoisotopic (exact) mass is 497 g/mol. The van der Waals surface area contributed by atoms with Crippen molar-refractivity contribution in [2.45, 2.75) is 34.3 Å². The third-order valence-corrected chi connectivity index (χ3v) is 6.07. The molecule has 9 nitrogen and oxygen atoms in total. The maximum atomic E-state index is 12.9. The van der Waals surface area contributed by atoms with Crippen molar-refractivity contribution < 1.29 is 28.6 Å². The van der Waals surface area contributed by atoms with Crippen molar-refractivity contribution in [2.75, 3.05) is 24.4 Å². The van der Waals surface area contributed by atoms with Gasteiger partial charge in [-0.05, 0) is 37.1 Å². The van der Waals surface area contributed by atoms with E-state index in [9.17, 15) is 14.4 Å². The van der Waals surface area contributed by atoms with Crippen molar-refractivity contribution in [3.8, 4) is 11.5 Å². The lowest BCUT2D eigenvalue weighted by Gasteiger charge is -2.19. The molecule has 0 radical (unpaired) electrons. The first-order valence-electron chi connectivity index (χ1n) is 10.7. The van der Waals surface area contributed by atoms with Crippen molar-refractivity contribution in [3.63, 3.8) is 0 Å². The zero-order valence-corrected chi connectivity index (χ0v) is 21.2. The van der Waals surface area contributed by atoms with Gasteiger partial charge in [0.15, 0.2) is 16.6 Å². The van der Waals surface area contributed by atoms with Gasteiger partial charge in [-0.15, -0.1) is 11.3 Å². The van der Waals surface area contributed by atoms with Gasteiger partial charge in [0.1, 0.15) is 6.61 Å². The number of benzene rings is 2. The van der Waals surface area contributed by atoms with Gasteiger partial charge in [0, 0.05) is 31.4 Å². The molecule has 0 saturated carbocycles. The Hall–Kier alpha value is -3.92. The Morgan fingerprint density at radius 1 is 1.00 bits per heavy atom. The number of aromatic nitrogens is 1. The number of hydrogen-bond donors (Lipinski definition) is 1. The summed E-state index contributed by atoms with van der Waals surface area (Å²) in [5, 5.41) is 4.80. The number of ether oxygens (including phenoxy) is 3. The second kappa shape index (κ2) is 11.0. The van der Waals surface area contributed by atoms with E-state index in [4.69, 9.17) is 14.2 Å². The lowest BCUT2D eigenvalue weighted by molar-refractivity contribution is -0.116. The zero-order chi connectivity index (χ0) is 25.7. The molecule has 0 saturated heterocycles. The van der Waals surface area contributed by atoms with Crippen LogP contribution in [0.4, 0.5) is 16.5 Å².